The Bertz CT molecular complexity index is 905. The lowest BCUT2D eigenvalue weighted by atomic mass is 9.94. The summed E-state index contributed by atoms with van der Waals surface area (Å²) >= 11 is 0. The number of nitrogens with two attached hydrogens (primary N) is 1. The third-order valence-corrected chi connectivity index (χ3v) is 5.36. The minimum absolute atomic E-state index is 0.0987. The molecule has 0 spiro atoms. The first-order valence-electron chi connectivity index (χ1n) is 9.44. The molecule has 8 nitrogen and oxygen atoms in total. The van der Waals surface area contributed by atoms with Gasteiger partial charge in [-0.05, 0) is 26.2 Å². The van der Waals surface area contributed by atoms with Crippen molar-refractivity contribution in [2.75, 3.05) is 41.7 Å². The number of aromatic nitrogens is 4. The predicted octanol–water partition coefficient (Wildman–Crippen LogP) is 2.10. The fraction of sp³-hybridized carbons (Fsp3) is 0.556. The van der Waals surface area contributed by atoms with E-state index in [1.165, 1.54) is 6.07 Å². The standard InChI is InChI=1S/C18H22F3N7O/c1-17(29)3-7-28(8-4-17)16-24-12(9-13(25-16)27-5-2-6-27)11-10-23-15(22)26-14(11)18(19,20)21/h9-10,29H,2-8H2,1H3,(H2,22,23,26). The number of piperidine rings is 1. The number of anilines is 3. The first-order chi connectivity index (χ1) is 13.6. The average molecular weight is 409 g/mol. The molecular weight excluding hydrogens is 387 g/mol. The summed E-state index contributed by atoms with van der Waals surface area (Å²) in [6, 6.07) is 1.53. The Kier molecular flexibility index (Phi) is 4.72. The van der Waals surface area contributed by atoms with Gasteiger partial charge in [0.05, 0.1) is 11.3 Å². The molecule has 0 saturated carbocycles. The molecule has 0 atom stereocenters. The Labute approximate surface area is 165 Å². The second kappa shape index (κ2) is 6.97. The molecule has 2 aromatic heterocycles. The summed E-state index contributed by atoms with van der Waals surface area (Å²) in [4.78, 5) is 20.0. The smallest absolute Gasteiger partial charge is 0.390 e. The van der Waals surface area contributed by atoms with Crippen molar-refractivity contribution in [1.29, 1.82) is 0 Å². The van der Waals surface area contributed by atoms with Crippen molar-refractivity contribution in [3.8, 4) is 11.3 Å². The highest BCUT2D eigenvalue weighted by molar-refractivity contribution is 5.68. The molecule has 0 aromatic carbocycles. The van der Waals surface area contributed by atoms with Crippen molar-refractivity contribution >= 4 is 17.7 Å². The van der Waals surface area contributed by atoms with Crippen LogP contribution in [0, 0.1) is 0 Å². The molecule has 4 heterocycles. The van der Waals surface area contributed by atoms with Crippen LogP contribution < -0.4 is 15.5 Å². The van der Waals surface area contributed by atoms with Crippen LogP contribution in [0.4, 0.5) is 30.9 Å². The van der Waals surface area contributed by atoms with Crippen molar-refractivity contribution in [3.63, 3.8) is 0 Å². The van der Waals surface area contributed by atoms with Crippen molar-refractivity contribution in [1.82, 2.24) is 19.9 Å². The Balaban J connectivity index is 1.78. The molecule has 3 N–H and O–H groups in total. The molecule has 2 aliphatic heterocycles. The van der Waals surface area contributed by atoms with Gasteiger partial charge in [-0.25, -0.2) is 15.0 Å². The molecule has 156 valence electrons. The van der Waals surface area contributed by atoms with Crippen LogP contribution in [0.5, 0.6) is 0 Å². The van der Waals surface area contributed by atoms with Gasteiger partial charge in [-0.3, -0.25) is 0 Å². The van der Waals surface area contributed by atoms with E-state index in [-0.39, 0.29) is 11.3 Å². The van der Waals surface area contributed by atoms with E-state index in [1.54, 1.807) is 6.92 Å². The van der Waals surface area contributed by atoms with Crippen LogP contribution in [0.1, 0.15) is 31.9 Å². The van der Waals surface area contributed by atoms with Crippen molar-refractivity contribution < 1.29 is 18.3 Å². The van der Waals surface area contributed by atoms with Gasteiger partial charge in [0.2, 0.25) is 11.9 Å². The Morgan fingerprint density at radius 2 is 1.76 bits per heavy atom. The van der Waals surface area contributed by atoms with Gasteiger partial charge in [0.1, 0.15) is 5.82 Å². The second-order valence-corrected chi connectivity index (χ2v) is 7.72. The lowest BCUT2D eigenvalue weighted by Gasteiger charge is -2.37. The molecule has 11 heteroatoms. The van der Waals surface area contributed by atoms with E-state index in [2.05, 4.69) is 19.9 Å². The number of hydrogen-bond donors (Lipinski definition) is 2. The van der Waals surface area contributed by atoms with Crippen molar-refractivity contribution in [2.45, 2.75) is 38.0 Å². The van der Waals surface area contributed by atoms with Crippen LogP contribution in [0.15, 0.2) is 12.3 Å². The topological polar surface area (TPSA) is 104 Å². The maximum absolute atomic E-state index is 13.6. The van der Waals surface area contributed by atoms with Gasteiger partial charge in [0, 0.05) is 44.0 Å². The lowest BCUT2D eigenvalue weighted by Crippen LogP contribution is -2.43. The Morgan fingerprint density at radius 3 is 2.34 bits per heavy atom. The van der Waals surface area contributed by atoms with E-state index in [4.69, 9.17) is 5.73 Å². The molecule has 0 amide bonds. The number of rotatable bonds is 3. The first-order valence-corrected chi connectivity index (χ1v) is 9.44. The van der Waals surface area contributed by atoms with Gasteiger partial charge in [0.15, 0.2) is 5.69 Å². The zero-order chi connectivity index (χ0) is 20.8. The molecule has 0 radical (unpaired) electrons. The highest BCUT2D eigenvalue weighted by atomic mass is 19.4. The number of hydrogen-bond acceptors (Lipinski definition) is 8. The van der Waals surface area contributed by atoms with Crippen LogP contribution in [-0.4, -0.2) is 56.8 Å². The third kappa shape index (κ3) is 4.04. The summed E-state index contributed by atoms with van der Waals surface area (Å²) in [5, 5.41) is 10.2. The van der Waals surface area contributed by atoms with Crippen molar-refractivity contribution in [3.05, 3.63) is 18.0 Å². The number of nitrogens with zero attached hydrogens (tertiary/aromatic N) is 6. The number of halogens is 3. The van der Waals surface area contributed by atoms with E-state index in [0.717, 1.165) is 25.7 Å². The molecule has 0 unspecified atom stereocenters. The van der Waals surface area contributed by atoms with Crippen molar-refractivity contribution in [2.24, 2.45) is 0 Å². The summed E-state index contributed by atoms with van der Waals surface area (Å²) in [6.45, 7) is 4.37. The highest BCUT2D eigenvalue weighted by Crippen LogP contribution is 2.37. The fourth-order valence-electron chi connectivity index (χ4n) is 3.40. The summed E-state index contributed by atoms with van der Waals surface area (Å²) in [7, 11) is 0. The van der Waals surface area contributed by atoms with Gasteiger partial charge in [-0.2, -0.15) is 18.2 Å². The molecule has 0 bridgehead atoms. The zero-order valence-corrected chi connectivity index (χ0v) is 15.9. The molecule has 4 rings (SSSR count). The summed E-state index contributed by atoms with van der Waals surface area (Å²) < 4.78 is 40.7. The normalized spacial score (nSPS) is 19.2. The molecule has 2 fully saturated rings. The lowest BCUT2D eigenvalue weighted by molar-refractivity contribution is -0.140. The van der Waals surface area contributed by atoms with Crippen LogP contribution >= 0.6 is 0 Å². The van der Waals surface area contributed by atoms with E-state index in [1.807, 2.05) is 9.80 Å². The van der Waals surface area contributed by atoms with Crippen LogP contribution in [0.2, 0.25) is 0 Å². The molecular formula is C18H22F3N7O. The first kappa shape index (κ1) is 19.6. The Morgan fingerprint density at radius 1 is 1.07 bits per heavy atom. The van der Waals surface area contributed by atoms with Gasteiger partial charge >= 0.3 is 6.18 Å². The SMILES string of the molecule is CC1(O)CCN(c2nc(-c3cnc(N)nc3C(F)(F)F)cc(N3CCC3)n2)CC1. The van der Waals surface area contributed by atoms with Crippen LogP contribution in [0.3, 0.4) is 0 Å². The molecule has 0 aliphatic carbocycles. The van der Waals surface area contributed by atoms with E-state index in [0.29, 0.717) is 37.7 Å². The molecule has 29 heavy (non-hydrogen) atoms. The molecule has 2 aliphatic rings. The van der Waals surface area contributed by atoms with E-state index >= 15 is 0 Å². The maximum Gasteiger partial charge on any atom is 0.434 e. The maximum atomic E-state index is 13.6. The number of aliphatic hydroxyl groups is 1. The van der Waals surface area contributed by atoms with Gasteiger partial charge in [0.25, 0.3) is 0 Å². The number of alkyl halides is 3. The Hall–Kier alpha value is -2.69. The zero-order valence-electron chi connectivity index (χ0n) is 15.9. The largest absolute Gasteiger partial charge is 0.434 e. The molecule has 2 saturated heterocycles. The third-order valence-electron chi connectivity index (χ3n) is 5.36. The van der Waals surface area contributed by atoms with Gasteiger partial charge < -0.3 is 20.6 Å². The van der Waals surface area contributed by atoms with E-state index in [9.17, 15) is 18.3 Å². The fourth-order valence-corrected chi connectivity index (χ4v) is 3.40. The monoisotopic (exact) mass is 409 g/mol. The van der Waals surface area contributed by atoms with E-state index < -0.39 is 23.4 Å². The minimum Gasteiger partial charge on any atom is -0.390 e. The van der Waals surface area contributed by atoms with Crippen LogP contribution in [-0.2, 0) is 6.18 Å². The summed E-state index contributed by atoms with van der Waals surface area (Å²) in [6.07, 6.45) is -1.59. The highest BCUT2D eigenvalue weighted by Gasteiger charge is 2.37. The predicted molar refractivity (Wildman–Crippen MR) is 101 cm³/mol. The second-order valence-electron chi connectivity index (χ2n) is 7.72. The summed E-state index contributed by atoms with van der Waals surface area (Å²) in [5.41, 5.74) is 3.37. The number of nitrogen functional groups attached to an aromatic ring is 1. The summed E-state index contributed by atoms with van der Waals surface area (Å²) in [5.74, 6) is 0.458. The van der Waals surface area contributed by atoms with Gasteiger partial charge in [-0.15, -0.1) is 0 Å². The average Bonchev–Trinajstić information content (AvgIpc) is 2.59. The quantitative estimate of drug-likeness (QED) is 0.794. The van der Waals surface area contributed by atoms with Crippen LogP contribution in [0.25, 0.3) is 11.3 Å². The van der Waals surface area contributed by atoms with Gasteiger partial charge in [-0.1, -0.05) is 0 Å². The molecule has 2 aromatic rings. The minimum atomic E-state index is -4.70.